The molecule has 0 saturated heterocycles. The quantitative estimate of drug-likeness (QED) is 0.191. The number of hydrogen-bond donors (Lipinski definition) is 0. The zero-order valence-electron chi connectivity index (χ0n) is 16.9. The van der Waals surface area contributed by atoms with Gasteiger partial charge in [0.15, 0.2) is 0 Å². The van der Waals surface area contributed by atoms with E-state index in [1.54, 1.807) is 0 Å². The molecule has 0 radical (unpaired) electrons. The van der Waals surface area contributed by atoms with Crippen molar-refractivity contribution in [1.29, 1.82) is 0 Å². The Bertz CT molecular complexity index is 261. The Morgan fingerprint density at radius 1 is 0.708 bits per heavy atom. The second-order valence-electron chi connectivity index (χ2n) is 7.75. The molecule has 0 bridgehead atoms. The number of carbonyl (C=O) groups excluding carboxylic acids is 1. The minimum Gasteiger partial charge on any atom is -0.466 e. The maximum absolute atomic E-state index is 11.6. The van der Waals surface area contributed by atoms with Crippen molar-refractivity contribution >= 4 is 5.97 Å². The van der Waals surface area contributed by atoms with Gasteiger partial charge >= 0.3 is 5.97 Å². The predicted molar refractivity (Wildman–Crippen MR) is 105 cm³/mol. The van der Waals surface area contributed by atoms with Crippen molar-refractivity contribution in [2.45, 2.75) is 124 Å². The van der Waals surface area contributed by atoms with Gasteiger partial charge in [-0.1, -0.05) is 97.8 Å². The van der Waals surface area contributed by atoms with Crippen molar-refractivity contribution in [3.8, 4) is 0 Å². The molecule has 0 aromatic heterocycles. The molecule has 0 fully saturated rings. The minimum atomic E-state index is 0.00169. The molecule has 0 aliphatic rings. The number of carbonyl (C=O) groups is 1. The zero-order chi connectivity index (χ0) is 17.9. The van der Waals surface area contributed by atoms with Crippen LogP contribution in [0.3, 0.4) is 0 Å². The molecule has 0 amide bonds. The molecule has 0 spiro atoms. The Hall–Kier alpha value is -0.530. The summed E-state index contributed by atoms with van der Waals surface area (Å²) in [6.45, 7) is 7.29. The van der Waals surface area contributed by atoms with Crippen LogP contribution in [0.25, 0.3) is 0 Å². The summed E-state index contributed by atoms with van der Waals surface area (Å²) >= 11 is 0. The van der Waals surface area contributed by atoms with E-state index in [-0.39, 0.29) is 5.97 Å². The molecule has 0 unspecified atom stereocenters. The highest BCUT2D eigenvalue weighted by Crippen LogP contribution is 2.13. The van der Waals surface area contributed by atoms with Crippen LogP contribution >= 0.6 is 0 Å². The first-order valence-electron chi connectivity index (χ1n) is 10.8. The summed E-state index contributed by atoms with van der Waals surface area (Å²) in [5.74, 6) is 0.701. The topological polar surface area (TPSA) is 26.3 Å². The summed E-state index contributed by atoms with van der Waals surface area (Å²) in [4.78, 5) is 11.6. The van der Waals surface area contributed by atoms with Crippen LogP contribution in [0.5, 0.6) is 0 Å². The average molecular weight is 341 g/mol. The van der Waals surface area contributed by atoms with Crippen molar-refractivity contribution < 1.29 is 9.53 Å². The van der Waals surface area contributed by atoms with Crippen LogP contribution in [0.4, 0.5) is 0 Å². The van der Waals surface area contributed by atoms with Crippen LogP contribution in [0, 0.1) is 5.92 Å². The first kappa shape index (κ1) is 23.5. The molecular weight excluding hydrogens is 296 g/mol. The van der Waals surface area contributed by atoms with E-state index in [0.29, 0.717) is 18.9 Å². The molecule has 0 aliphatic heterocycles. The molecule has 0 aromatic carbocycles. The third kappa shape index (κ3) is 19.5. The summed E-state index contributed by atoms with van der Waals surface area (Å²) < 4.78 is 5.26. The fourth-order valence-electron chi connectivity index (χ4n) is 3.04. The molecule has 0 aliphatic carbocycles. The molecule has 2 nitrogen and oxygen atoms in total. The first-order valence-corrected chi connectivity index (χ1v) is 10.8. The highest BCUT2D eigenvalue weighted by Gasteiger charge is 2.03. The fraction of sp³-hybridized carbons (Fsp3) is 0.955. The Kier molecular flexibility index (Phi) is 18.4. The van der Waals surface area contributed by atoms with Crippen molar-refractivity contribution in [3.05, 3.63) is 0 Å². The highest BCUT2D eigenvalue weighted by atomic mass is 16.5. The van der Waals surface area contributed by atoms with E-state index in [1.165, 1.54) is 77.0 Å². The normalized spacial score (nSPS) is 11.2. The van der Waals surface area contributed by atoms with Gasteiger partial charge in [0.2, 0.25) is 0 Å². The van der Waals surface area contributed by atoms with Crippen LogP contribution in [-0.2, 0) is 9.53 Å². The lowest BCUT2D eigenvalue weighted by Gasteiger charge is -2.06. The van der Waals surface area contributed by atoms with Crippen molar-refractivity contribution in [2.75, 3.05) is 6.61 Å². The van der Waals surface area contributed by atoms with E-state index in [4.69, 9.17) is 4.74 Å². The minimum absolute atomic E-state index is 0.00169. The second kappa shape index (κ2) is 18.8. The molecule has 0 atom stereocenters. The SMILES string of the molecule is CCCCCCCCCCCCCCCC(=O)OCCCC(C)C. The largest absolute Gasteiger partial charge is 0.466 e. The van der Waals surface area contributed by atoms with Gasteiger partial charge in [0, 0.05) is 6.42 Å². The third-order valence-electron chi connectivity index (χ3n) is 4.67. The summed E-state index contributed by atoms with van der Waals surface area (Å²) in [6, 6.07) is 0. The number of ether oxygens (including phenoxy) is 1. The van der Waals surface area contributed by atoms with Crippen LogP contribution in [-0.4, -0.2) is 12.6 Å². The second-order valence-corrected chi connectivity index (χ2v) is 7.75. The standard InChI is InChI=1S/C22H44O2/c1-4-5-6-7-8-9-10-11-12-13-14-15-16-19-22(23)24-20-17-18-21(2)3/h21H,4-20H2,1-3H3. The third-order valence-corrected chi connectivity index (χ3v) is 4.67. The lowest BCUT2D eigenvalue weighted by molar-refractivity contribution is -0.143. The predicted octanol–water partition coefficient (Wildman–Crippen LogP) is 7.45. The molecule has 24 heavy (non-hydrogen) atoms. The van der Waals surface area contributed by atoms with Crippen LogP contribution < -0.4 is 0 Å². The Morgan fingerprint density at radius 2 is 1.17 bits per heavy atom. The lowest BCUT2D eigenvalue weighted by Crippen LogP contribution is -2.06. The number of unbranched alkanes of at least 4 members (excludes halogenated alkanes) is 12. The van der Waals surface area contributed by atoms with Gasteiger partial charge in [-0.3, -0.25) is 4.79 Å². The van der Waals surface area contributed by atoms with Gasteiger partial charge in [-0.2, -0.15) is 0 Å². The van der Waals surface area contributed by atoms with Gasteiger partial charge in [-0.05, 0) is 25.2 Å². The van der Waals surface area contributed by atoms with Crippen LogP contribution in [0.15, 0.2) is 0 Å². The summed E-state index contributed by atoms with van der Waals surface area (Å²) in [5.41, 5.74) is 0. The fourth-order valence-corrected chi connectivity index (χ4v) is 3.04. The maximum Gasteiger partial charge on any atom is 0.305 e. The summed E-state index contributed by atoms with van der Waals surface area (Å²) in [6.07, 6.45) is 20.2. The number of rotatable bonds is 18. The van der Waals surface area contributed by atoms with E-state index >= 15 is 0 Å². The molecule has 0 rings (SSSR count). The van der Waals surface area contributed by atoms with Gasteiger partial charge in [0.05, 0.1) is 6.61 Å². The van der Waals surface area contributed by atoms with E-state index < -0.39 is 0 Å². The molecule has 0 aromatic rings. The molecule has 0 N–H and O–H groups in total. The van der Waals surface area contributed by atoms with Gasteiger partial charge in [-0.15, -0.1) is 0 Å². The number of hydrogen-bond acceptors (Lipinski definition) is 2. The Morgan fingerprint density at radius 3 is 1.62 bits per heavy atom. The lowest BCUT2D eigenvalue weighted by atomic mass is 10.0. The number of esters is 1. The van der Waals surface area contributed by atoms with Gasteiger partial charge < -0.3 is 4.74 Å². The van der Waals surface area contributed by atoms with Gasteiger partial charge in [0.1, 0.15) is 0 Å². The van der Waals surface area contributed by atoms with E-state index in [9.17, 15) is 4.79 Å². The molecular formula is C22H44O2. The van der Waals surface area contributed by atoms with Crippen molar-refractivity contribution in [1.82, 2.24) is 0 Å². The average Bonchev–Trinajstić information content (AvgIpc) is 2.55. The highest BCUT2D eigenvalue weighted by molar-refractivity contribution is 5.69. The summed E-state index contributed by atoms with van der Waals surface area (Å²) in [5, 5.41) is 0. The maximum atomic E-state index is 11.6. The van der Waals surface area contributed by atoms with Crippen molar-refractivity contribution in [3.63, 3.8) is 0 Å². The van der Waals surface area contributed by atoms with Crippen LogP contribution in [0.2, 0.25) is 0 Å². The monoisotopic (exact) mass is 340 g/mol. The Labute approximate surface area is 152 Å². The van der Waals surface area contributed by atoms with Gasteiger partial charge in [0.25, 0.3) is 0 Å². The van der Waals surface area contributed by atoms with Gasteiger partial charge in [-0.25, -0.2) is 0 Å². The Balaban J connectivity index is 3.12. The van der Waals surface area contributed by atoms with E-state index in [1.807, 2.05) is 0 Å². The molecule has 0 saturated carbocycles. The molecule has 144 valence electrons. The van der Waals surface area contributed by atoms with E-state index in [0.717, 1.165) is 19.3 Å². The molecule has 2 heteroatoms. The van der Waals surface area contributed by atoms with E-state index in [2.05, 4.69) is 20.8 Å². The summed E-state index contributed by atoms with van der Waals surface area (Å²) in [7, 11) is 0. The van der Waals surface area contributed by atoms with Crippen molar-refractivity contribution in [2.24, 2.45) is 5.92 Å². The smallest absolute Gasteiger partial charge is 0.305 e. The first-order chi connectivity index (χ1) is 11.7. The zero-order valence-corrected chi connectivity index (χ0v) is 16.9. The van der Waals surface area contributed by atoms with Crippen LogP contribution in [0.1, 0.15) is 124 Å². The molecule has 0 heterocycles.